The van der Waals surface area contributed by atoms with E-state index in [4.69, 9.17) is 15.2 Å². The van der Waals surface area contributed by atoms with E-state index in [1.807, 2.05) is 0 Å². The van der Waals surface area contributed by atoms with Crippen LogP contribution in [-0.4, -0.2) is 36.7 Å². The van der Waals surface area contributed by atoms with Crippen LogP contribution in [0.2, 0.25) is 0 Å². The molecule has 8 heteroatoms. The van der Waals surface area contributed by atoms with Crippen LogP contribution in [-0.2, 0) is 9.59 Å². The molecule has 0 saturated carbocycles. The van der Waals surface area contributed by atoms with Crippen molar-refractivity contribution in [1.82, 2.24) is 0 Å². The van der Waals surface area contributed by atoms with E-state index in [9.17, 15) is 19.5 Å². The van der Waals surface area contributed by atoms with Gasteiger partial charge in [-0.2, -0.15) is 0 Å². The second-order valence-electron chi connectivity index (χ2n) is 6.31. The number of urea groups is 1. The highest BCUT2D eigenvalue weighted by molar-refractivity contribution is 6.14. The number of benzene rings is 2. The minimum absolute atomic E-state index is 0.234. The number of hydrogen-bond acceptors (Lipinski definition) is 5. The Hall–Kier alpha value is -3.55. The number of carbonyl (C=O) groups is 3. The summed E-state index contributed by atoms with van der Waals surface area (Å²) in [5.74, 6) is -1.33. The molecule has 0 bridgehead atoms. The Morgan fingerprint density at radius 3 is 2.21 bits per heavy atom. The molecule has 0 aliphatic rings. The molecular weight excluding hydrogens is 376 g/mol. The fraction of sp³-hybridized carbons (Fsp3) is 0.286. The van der Waals surface area contributed by atoms with E-state index < -0.39 is 30.2 Å². The molecule has 1 atom stereocenters. The zero-order valence-corrected chi connectivity index (χ0v) is 16.1. The first kappa shape index (κ1) is 21.7. The van der Waals surface area contributed by atoms with Gasteiger partial charge in [0.25, 0.3) is 0 Å². The lowest BCUT2D eigenvalue weighted by Crippen LogP contribution is -2.44. The first-order valence-electron chi connectivity index (χ1n) is 9.09. The lowest BCUT2D eigenvalue weighted by molar-refractivity contribution is -0.140. The number of primary amides is 1. The number of carbonyl (C=O) groups excluding carboxylic acids is 2. The molecule has 154 valence electrons. The van der Waals surface area contributed by atoms with Gasteiger partial charge in [-0.25, -0.2) is 9.69 Å². The number of hydrogen-bond donors (Lipinski definition) is 2. The highest BCUT2D eigenvalue weighted by Crippen LogP contribution is 2.22. The molecule has 0 fully saturated rings. The fourth-order valence-electron chi connectivity index (χ4n) is 2.84. The summed E-state index contributed by atoms with van der Waals surface area (Å²) >= 11 is 0. The van der Waals surface area contributed by atoms with Crippen LogP contribution in [0.5, 0.6) is 11.5 Å². The Kier molecular flexibility index (Phi) is 8.02. The van der Waals surface area contributed by atoms with E-state index in [1.165, 1.54) is 0 Å². The van der Waals surface area contributed by atoms with Gasteiger partial charge < -0.3 is 20.3 Å². The summed E-state index contributed by atoms with van der Waals surface area (Å²) in [5.41, 5.74) is 5.68. The molecule has 0 aliphatic heterocycles. The Bertz CT molecular complexity index is 823. The SMILES string of the molecule is COc1ccc(OCCC[C@H](CC(=O)O)C(=O)N(C(N)=O)c2ccccc2)cc1. The standard InChI is InChI=1S/C21H24N2O6/c1-28-17-9-11-18(12-10-17)29-13-5-6-15(14-19(24)25)20(26)23(21(22)27)16-7-3-2-4-8-16/h2-4,7-12,15H,5-6,13-14H2,1H3,(H2,22,27)(H,24,25)/t15-/m1/s1. The van der Waals surface area contributed by atoms with Crippen molar-refractivity contribution in [2.24, 2.45) is 11.7 Å². The minimum Gasteiger partial charge on any atom is -0.497 e. The molecule has 2 rings (SSSR count). The van der Waals surface area contributed by atoms with E-state index in [-0.39, 0.29) is 13.0 Å². The van der Waals surface area contributed by atoms with Crippen molar-refractivity contribution in [3.8, 4) is 11.5 Å². The molecule has 0 heterocycles. The van der Waals surface area contributed by atoms with Gasteiger partial charge in [0.05, 0.1) is 25.8 Å². The Morgan fingerprint density at radius 2 is 1.66 bits per heavy atom. The largest absolute Gasteiger partial charge is 0.497 e. The molecule has 0 aliphatic carbocycles. The molecule has 0 spiro atoms. The van der Waals surface area contributed by atoms with Gasteiger partial charge >= 0.3 is 12.0 Å². The number of rotatable bonds is 10. The van der Waals surface area contributed by atoms with Gasteiger partial charge in [-0.3, -0.25) is 9.59 Å². The van der Waals surface area contributed by atoms with Crippen LogP contribution in [0.15, 0.2) is 54.6 Å². The first-order chi connectivity index (χ1) is 13.9. The molecule has 2 aromatic carbocycles. The highest BCUT2D eigenvalue weighted by atomic mass is 16.5. The molecule has 8 nitrogen and oxygen atoms in total. The summed E-state index contributed by atoms with van der Waals surface area (Å²) < 4.78 is 10.7. The number of carboxylic acids is 1. The van der Waals surface area contributed by atoms with Gasteiger partial charge in [0, 0.05) is 5.92 Å². The average Bonchev–Trinajstić information content (AvgIpc) is 2.71. The number of methoxy groups -OCH3 is 1. The topological polar surface area (TPSA) is 119 Å². The van der Waals surface area contributed by atoms with Gasteiger partial charge in [0.15, 0.2) is 0 Å². The average molecular weight is 400 g/mol. The van der Waals surface area contributed by atoms with E-state index in [0.717, 1.165) is 4.90 Å². The van der Waals surface area contributed by atoms with Crippen LogP contribution >= 0.6 is 0 Å². The number of nitrogens with zero attached hydrogens (tertiary/aromatic N) is 1. The molecule has 2 aromatic rings. The van der Waals surface area contributed by atoms with Crippen molar-refractivity contribution in [3.05, 3.63) is 54.6 Å². The van der Waals surface area contributed by atoms with Crippen molar-refractivity contribution >= 4 is 23.6 Å². The van der Waals surface area contributed by atoms with E-state index in [2.05, 4.69) is 0 Å². The third-order valence-electron chi connectivity index (χ3n) is 4.25. The van der Waals surface area contributed by atoms with E-state index in [1.54, 1.807) is 61.7 Å². The lowest BCUT2D eigenvalue weighted by atomic mass is 9.97. The number of ether oxygens (including phenoxy) is 2. The Morgan fingerprint density at radius 1 is 1.03 bits per heavy atom. The number of carboxylic acid groups (broad SMARTS) is 1. The minimum atomic E-state index is -1.13. The zero-order valence-electron chi connectivity index (χ0n) is 16.1. The first-order valence-corrected chi connectivity index (χ1v) is 9.09. The van der Waals surface area contributed by atoms with Crippen LogP contribution in [0.1, 0.15) is 19.3 Å². The van der Waals surface area contributed by atoms with Gasteiger partial charge in [0.1, 0.15) is 11.5 Å². The summed E-state index contributed by atoms with van der Waals surface area (Å²) in [6.07, 6.45) is 0.257. The van der Waals surface area contributed by atoms with Gasteiger partial charge in [0.2, 0.25) is 5.91 Å². The van der Waals surface area contributed by atoms with Crippen LogP contribution < -0.4 is 20.1 Å². The van der Waals surface area contributed by atoms with Gasteiger partial charge in [-0.1, -0.05) is 18.2 Å². The molecule has 0 saturated heterocycles. The van der Waals surface area contributed by atoms with Crippen LogP contribution in [0.3, 0.4) is 0 Å². The normalized spacial score (nSPS) is 11.3. The van der Waals surface area contributed by atoms with Gasteiger partial charge in [-0.05, 0) is 49.2 Å². The number of anilines is 1. The predicted molar refractivity (Wildman–Crippen MR) is 107 cm³/mol. The summed E-state index contributed by atoms with van der Waals surface area (Å²) in [4.78, 5) is 36.8. The summed E-state index contributed by atoms with van der Waals surface area (Å²) in [6.45, 7) is 0.289. The second-order valence-corrected chi connectivity index (χ2v) is 6.31. The van der Waals surface area contributed by atoms with E-state index >= 15 is 0 Å². The fourth-order valence-corrected chi connectivity index (χ4v) is 2.84. The Labute approximate surface area is 168 Å². The van der Waals surface area contributed by atoms with E-state index in [0.29, 0.717) is 23.6 Å². The number of imide groups is 1. The molecule has 3 amide bonds. The number of aliphatic carboxylic acids is 1. The summed E-state index contributed by atoms with van der Waals surface area (Å²) in [7, 11) is 1.57. The monoisotopic (exact) mass is 400 g/mol. The van der Waals surface area contributed by atoms with Crippen LogP contribution in [0, 0.1) is 5.92 Å². The summed E-state index contributed by atoms with van der Waals surface area (Å²) in [5, 5.41) is 9.18. The van der Waals surface area contributed by atoms with Gasteiger partial charge in [-0.15, -0.1) is 0 Å². The zero-order chi connectivity index (χ0) is 21.2. The molecule has 0 unspecified atom stereocenters. The molecule has 29 heavy (non-hydrogen) atoms. The lowest BCUT2D eigenvalue weighted by Gasteiger charge is -2.23. The van der Waals surface area contributed by atoms with Crippen LogP contribution in [0.4, 0.5) is 10.5 Å². The molecule has 0 radical (unpaired) electrons. The number of para-hydroxylation sites is 1. The molecule has 3 N–H and O–H groups in total. The quantitative estimate of drug-likeness (QED) is 0.592. The summed E-state index contributed by atoms with van der Waals surface area (Å²) in [6, 6.07) is 14.3. The second kappa shape index (κ2) is 10.7. The van der Waals surface area contributed by atoms with Crippen molar-refractivity contribution in [2.75, 3.05) is 18.6 Å². The van der Waals surface area contributed by atoms with Crippen LogP contribution in [0.25, 0.3) is 0 Å². The molecular formula is C21H24N2O6. The maximum atomic E-state index is 12.9. The van der Waals surface area contributed by atoms with Crippen molar-refractivity contribution in [3.63, 3.8) is 0 Å². The molecule has 0 aromatic heterocycles. The smallest absolute Gasteiger partial charge is 0.326 e. The Balaban J connectivity index is 2.00. The van der Waals surface area contributed by atoms with Crippen molar-refractivity contribution < 1.29 is 29.0 Å². The predicted octanol–water partition coefficient (Wildman–Crippen LogP) is 3.06. The maximum absolute atomic E-state index is 12.9. The highest BCUT2D eigenvalue weighted by Gasteiger charge is 2.30. The van der Waals surface area contributed by atoms with Crippen molar-refractivity contribution in [2.45, 2.75) is 19.3 Å². The number of amides is 3. The number of nitrogens with two attached hydrogens (primary N) is 1. The third-order valence-corrected chi connectivity index (χ3v) is 4.25. The third kappa shape index (κ3) is 6.53. The van der Waals surface area contributed by atoms with Crippen molar-refractivity contribution in [1.29, 1.82) is 0 Å². The maximum Gasteiger partial charge on any atom is 0.326 e.